The number of hydrogen-bond donors (Lipinski definition) is 3. The maximum Gasteiger partial charge on any atom is 0.205 e. The SMILES string of the molecule is COc1cccc(C=NNc2nc(N)cs2)c1O. The summed E-state index contributed by atoms with van der Waals surface area (Å²) in [5.74, 6) is 0.892. The molecule has 2 aromatic rings. The number of phenols is 1. The normalized spacial score (nSPS) is 10.7. The molecule has 1 aromatic heterocycles. The molecule has 7 heteroatoms. The largest absolute Gasteiger partial charge is 0.504 e. The van der Waals surface area contributed by atoms with Gasteiger partial charge in [0, 0.05) is 10.9 Å². The van der Waals surface area contributed by atoms with Crippen molar-refractivity contribution in [2.75, 3.05) is 18.3 Å². The number of para-hydroxylation sites is 1. The molecule has 0 amide bonds. The van der Waals surface area contributed by atoms with Crippen molar-refractivity contribution < 1.29 is 9.84 Å². The van der Waals surface area contributed by atoms with E-state index in [0.29, 0.717) is 22.3 Å². The molecule has 1 aromatic carbocycles. The lowest BCUT2D eigenvalue weighted by Gasteiger charge is -2.04. The third kappa shape index (κ3) is 2.69. The Labute approximate surface area is 108 Å². The highest BCUT2D eigenvalue weighted by molar-refractivity contribution is 7.14. The zero-order valence-electron chi connectivity index (χ0n) is 9.62. The number of nitrogen functional groups attached to an aromatic ring is 1. The van der Waals surface area contributed by atoms with Crippen molar-refractivity contribution in [3.8, 4) is 11.5 Å². The first-order valence-electron chi connectivity index (χ1n) is 5.06. The third-order valence-corrected chi connectivity index (χ3v) is 2.90. The van der Waals surface area contributed by atoms with E-state index in [4.69, 9.17) is 10.5 Å². The van der Waals surface area contributed by atoms with E-state index in [9.17, 15) is 5.11 Å². The summed E-state index contributed by atoms with van der Waals surface area (Å²) in [4.78, 5) is 3.98. The van der Waals surface area contributed by atoms with Crippen LogP contribution in [0.5, 0.6) is 11.5 Å². The fraction of sp³-hybridized carbons (Fsp3) is 0.0909. The van der Waals surface area contributed by atoms with Crippen molar-refractivity contribution in [2.45, 2.75) is 0 Å². The van der Waals surface area contributed by atoms with Crippen LogP contribution in [0.1, 0.15) is 5.56 Å². The van der Waals surface area contributed by atoms with E-state index in [-0.39, 0.29) is 5.75 Å². The Kier molecular flexibility index (Phi) is 3.63. The summed E-state index contributed by atoms with van der Waals surface area (Å²) in [5, 5.41) is 16.1. The van der Waals surface area contributed by atoms with E-state index < -0.39 is 0 Å². The zero-order chi connectivity index (χ0) is 13.0. The number of nitrogens with two attached hydrogens (primary N) is 1. The first kappa shape index (κ1) is 12.2. The van der Waals surface area contributed by atoms with Gasteiger partial charge in [0.15, 0.2) is 11.5 Å². The second-order valence-electron chi connectivity index (χ2n) is 3.35. The van der Waals surface area contributed by atoms with Gasteiger partial charge in [-0.2, -0.15) is 5.10 Å². The highest BCUT2D eigenvalue weighted by Crippen LogP contribution is 2.28. The topological polar surface area (TPSA) is 92.8 Å². The van der Waals surface area contributed by atoms with Crippen LogP contribution < -0.4 is 15.9 Å². The van der Waals surface area contributed by atoms with Crippen molar-refractivity contribution in [3.63, 3.8) is 0 Å². The molecule has 6 nitrogen and oxygen atoms in total. The molecule has 0 saturated carbocycles. The van der Waals surface area contributed by atoms with Crippen LogP contribution >= 0.6 is 11.3 Å². The molecule has 0 atom stereocenters. The van der Waals surface area contributed by atoms with Gasteiger partial charge in [-0.3, -0.25) is 5.43 Å². The van der Waals surface area contributed by atoms with E-state index in [1.165, 1.54) is 24.7 Å². The summed E-state index contributed by atoms with van der Waals surface area (Å²) < 4.78 is 4.99. The van der Waals surface area contributed by atoms with Crippen LogP contribution in [-0.2, 0) is 0 Å². The molecule has 0 aliphatic carbocycles. The summed E-state index contributed by atoms with van der Waals surface area (Å²) in [6, 6.07) is 5.15. The third-order valence-electron chi connectivity index (χ3n) is 2.14. The van der Waals surface area contributed by atoms with Gasteiger partial charge in [0.05, 0.1) is 13.3 Å². The van der Waals surface area contributed by atoms with E-state index in [1.807, 2.05) is 0 Å². The van der Waals surface area contributed by atoms with Crippen LogP contribution in [0, 0.1) is 0 Å². The van der Waals surface area contributed by atoms with Gasteiger partial charge in [-0.1, -0.05) is 6.07 Å². The molecule has 18 heavy (non-hydrogen) atoms. The molecule has 2 rings (SSSR count). The van der Waals surface area contributed by atoms with Gasteiger partial charge in [-0.05, 0) is 12.1 Å². The van der Waals surface area contributed by atoms with Crippen molar-refractivity contribution >= 4 is 28.5 Å². The standard InChI is InChI=1S/C11H12N4O2S/c1-17-8-4-2-3-7(10(8)16)5-13-15-11-14-9(12)6-18-11/h2-6,16H,12H2,1H3,(H,14,15). The van der Waals surface area contributed by atoms with E-state index in [2.05, 4.69) is 15.5 Å². The number of rotatable bonds is 4. The fourth-order valence-electron chi connectivity index (χ4n) is 1.30. The van der Waals surface area contributed by atoms with Crippen molar-refractivity contribution in [1.29, 1.82) is 0 Å². The molecule has 0 aliphatic heterocycles. The van der Waals surface area contributed by atoms with Gasteiger partial charge in [0.25, 0.3) is 0 Å². The number of thiazole rings is 1. The first-order chi connectivity index (χ1) is 8.70. The molecular weight excluding hydrogens is 252 g/mol. The Balaban J connectivity index is 2.09. The van der Waals surface area contributed by atoms with Gasteiger partial charge in [0.2, 0.25) is 5.13 Å². The van der Waals surface area contributed by atoms with Gasteiger partial charge >= 0.3 is 0 Å². The number of nitrogens with one attached hydrogen (secondary N) is 1. The molecule has 94 valence electrons. The van der Waals surface area contributed by atoms with Crippen LogP contribution in [-0.4, -0.2) is 23.4 Å². The van der Waals surface area contributed by atoms with Crippen molar-refractivity contribution in [2.24, 2.45) is 5.10 Å². The zero-order valence-corrected chi connectivity index (χ0v) is 10.4. The van der Waals surface area contributed by atoms with Gasteiger partial charge < -0.3 is 15.6 Å². The highest BCUT2D eigenvalue weighted by atomic mass is 32.1. The molecule has 0 bridgehead atoms. The Bertz CT molecular complexity index is 568. The lowest BCUT2D eigenvalue weighted by Crippen LogP contribution is -1.92. The van der Waals surface area contributed by atoms with Crippen LogP contribution in [0.2, 0.25) is 0 Å². The summed E-state index contributed by atoms with van der Waals surface area (Å²) >= 11 is 1.35. The Morgan fingerprint density at radius 3 is 3.06 bits per heavy atom. The van der Waals surface area contributed by atoms with Crippen LogP contribution in [0.4, 0.5) is 10.9 Å². The number of benzene rings is 1. The van der Waals surface area contributed by atoms with Gasteiger partial charge in [-0.15, -0.1) is 11.3 Å². The Morgan fingerprint density at radius 2 is 2.39 bits per heavy atom. The highest BCUT2D eigenvalue weighted by Gasteiger charge is 2.04. The molecule has 4 N–H and O–H groups in total. The maximum atomic E-state index is 9.81. The number of phenolic OH excluding ortho intramolecular Hbond substituents is 1. The lowest BCUT2D eigenvalue weighted by molar-refractivity contribution is 0.373. The minimum absolute atomic E-state index is 0.0456. The Morgan fingerprint density at radius 1 is 1.56 bits per heavy atom. The minimum Gasteiger partial charge on any atom is -0.504 e. The van der Waals surface area contributed by atoms with E-state index in [1.54, 1.807) is 23.6 Å². The molecule has 0 radical (unpaired) electrons. The second-order valence-corrected chi connectivity index (χ2v) is 4.20. The predicted octanol–water partition coefficient (Wildman–Crippen LogP) is 1.89. The van der Waals surface area contributed by atoms with E-state index >= 15 is 0 Å². The maximum absolute atomic E-state index is 9.81. The van der Waals surface area contributed by atoms with Crippen LogP contribution in [0.15, 0.2) is 28.7 Å². The quantitative estimate of drug-likeness (QED) is 0.579. The number of nitrogens with zero attached hydrogens (tertiary/aromatic N) is 2. The number of aromatic hydroxyl groups is 1. The average molecular weight is 264 g/mol. The predicted molar refractivity (Wildman–Crippen MR) is 72.4 cm³/mol. The summed E-state index contributed by atoms with van der Waals surface area (Å²) in [7, 11) is 1.49. The summed E-state index contributed by atoms with van der Waals surface area (Å²) in [6.07, 6.45) is 1.48. The molecule has 0 spiro atoms. The first-order valence-corrected chi connectivity index (χ1v) is 5.94. The number of methoxy groups -OCH3 is 1. The molecule has 0 fully saturated rings. The molecular formula is C11H12N4O2S. The molecule has 0 saturated heterocycles. The lowest BCUT2D eigenvalue weighted by atomic mass is 10.2. The average Bonchev–Trinajstić information content (AvgIpc) is 2.77. The molecule has 0 unspecified atom stereocenters. The summed E-state index contributed by atoms with van der Waals surface area (Å²) in [5.41, 5.74) is 8.75. The van der Waals surface area contributed by atoms with Crippen molar-refractivity contribution in [1.82, 2.24) is 4.98 Å². The van der Waals surface area contributed by atoms with Gasteiger partial charge in [0.1, 0.15) is 5.82 Å². The van der Waals surface area contributed by atoms with E-state index in [0.717, 1.165) is 0 Å². The number of ether oxygens (including phenoxy) is 1. The van der Waals surface area contributed by atoms with Crippen molar-refractivity contribution in [3.05, 3.63) is 29.1 Å². The minimum atomic E-state index is 0.0456. The number of hydrogen-bond acceptors (Lipinski definition) is 7. The number of anilines is 2. The summed E-state index contributed by atoms with van der Waals surface area (Å²) in [6.45, 7) is 0. The number of hydrazone groups is 1. The second kappa shape index (κ2) is 5.37. The monoisotopic (exact) mass is 264 g/mol. The Hall–Kier alpha value is -2.28. The van der Waals surface area contributed by atoms with Crippen LogP contribution in [0.3, 0.4) is 0 Å². The molecule has 1 heterocycles. The van der Waals surface area contributed by atoms with Gasteiger partial charge in [-0.25, -0.2) is 4.98 Å². The fourth-order valence-corrected chi connectivity index (χ4v) is 1.85. The van der Waals surface area contributed by atoms with Crippen LogP contribution in [0.25, 0.3) is 0 Å². The number of aromatic nitrogens is 1. The smallest absolute Gasteiger partial charge is 0.205 e. The molecule has 0 aliphatic rings.